The predicted molar refractivity (Wildman–Crippen MR) is 102 cm³/mol. The maximum atomic E-state index is 5.20. The quantitative estimate of drug-likeness (QED) is 0.557. The van der Waals surface area contributed by atoms with Gasteiger partial charge in [0.15, 0.2) is 11.6 Å². The Hall–Kier alpha value is -3.47. The van der Waals surface area contributed by atoms with Crippen LogP contribution in [0.2, 0.25) is 0 Å². The lowest BCUT2D eigenvalue weighted by molar-refractivity contribution is 0.415. The molecule has 0 aliphatic heterocycles. The first-order chi connectivity index (χ1) is 12.7. The molecule has 0 spiro atoms. The van der Waals surface area contributed by atoms with E-state index in [1.807, 2.05) is 43.4 Å². The zero-order chi connectivity index (χ0) is 17.9. The Balaban J connectivity index is 1.64. The lowest BCUT2D eigenvalue weighted by atomic mass is 10.1. The average molecular weight is 342 g/mol. The second kappa shape index (κ2) is 6.80. The van der Waals surface area contributed by atoms with Crippen LogP contribution in [0.1, 0.15) is 0 Å². The minimum atomic E-state index is 0.698. The number of aromatic nitrogens is 4. The molecule has 0 amide bonds. The summed E-state index contributed by atoms with van der Waals surface area (Å²) < 4.78 is 7.01. The van der Waals surface area contributed by atoms with Crippen molar-refractivity contribution in [3.05, 3.63) is 73.1 Å². The fraction of sp³-hybridized carbons (Fsp3) is 0.0952. The molecule has 0 N–H and O–H groups in total. The number of ether oxygens (including phenoxy) is 1. The Morgan fingerprint density at radius 2 is 1.31 bits per heavy atom. The number of methoxy groups -OCH3 is 1. The number of hydrogen-bond acceptors (Lipinski definition) is 4. The zero-order valence-electron chi connectivity index (χ0n) is 14.6. The Bertz CT molecular complexity index is 1010. The first-order valence-electron chi connectivity index (χ1n) is 8.31. The van der Waals surface area contributed by atoms with Gasteiger partial charge in [0, 0.05) is 30.6 Å². The summed E-state index contributed by atoms with van der Waals surface area (Å²) in [5.74, 6) is 2.34. The van der Waals surface area contributed by atoms with Crippen LogP contribution in [0.3, 0.4) is 0 Å². The van der Waals surface area contributed by atoms with E-state index >= 15 is 0 Å². The summed E-state index contributed by atoms with van der Waals surface area (Å²) in [7, 11) is 3.56. The van der Waals surface area contributed by atoms with Gasteiger partial charge in [-0.2, -0.15) is 5.10 Å². The van der Waals surface area contributed by atoms with Crippen LogP contribution >= 0.6 is 0 Å². The molecule has 2 aromatic heterocycles. The summed E-state index contributed by atoms with van der Waals surface area (Å²) in [4.78, 5) is 8.77. The lowest BCUT2D eigenvalue weighted by Gasteiger charge is -2.03. The number of rotatable bonds is 4. The average Bonchev–Trinajstić information content (AvgIpc) is 3.10. The van der Waals surface area contributed by atoms with Crippen molar-refractivity contribution >= 4 is 0 Å². The predicted octanol–water partition coefficient (Wildman–Crippen LogP) is 4.22. The monoisotopic (exact) mass is 342 g/mol. The van der Waals surface area contributed by atoms with Gasteiger partial charge in [-0.25, -0.2) is 9.67 Å². The van der Waals surface area contributed by atoms with E-state index in [1.54, 1.807) is 24.2 Å². The summed E-state index contributed by atoms with van der Waals surface area (Å²) in [6.45, 7) is 0. The van der Waals surface area contributed by atoms with Gasteiger partial charge < -0.3 is 4.74 Å². The van der Waals surface area contributed by atoms with E-state index < -0.39 is 0 Å². The van der Waals surface area contributed by atoms with Crippen LogP contribution in [-0.2, 0) is 7.05 Å². The van der Waals surface area contributed by atoms with Gasteiger partial charge in [-0.3, -0.25) is 4.98 Å². The maximum Gasteiger partial charge on any atom is 0.181 e. The molecule has 0 bridgehead atoms. The fourth-order valence-corrected chi connectivity index (χ4v) is 2.85. The third-order valence-corrected chi connectivity index (χ3v) is 4.27. The van der Waals surface area contributed by atoms with E-state index in [1.165, 1.54) is 0 Å². The Kier molecular flexibility index (Phi) is 4.19. The third kappa shape index (κ3) is 3.07. The first kappa shape index (κ1) is 16.0. The van der Waals surface area contributed by atoms with E-state index in [-0.39, 0.29) is 0 Å². The molecule has 2 heterocycles. The molecular formula is C21H18N4O. The lowest BCUT2D eigenvalue weighted by Crippen LogP contribution is -1.94. The number of benzene rings is 2. The highest BCUT2D eigenvalue weighted by Gasteiger charge is 2.11. The molecule has 0 saturated heterocycles. The smallest absolute Gasteiger partial charge is 0.181 e. The molecule has 0 aliphatic carbocycles. The fourth-order valence-electron chi connectivity index (χ4n) is 2.85. The normalized spacial score (nSPS) is 10.7. The minimum absolute atomic E-state index is 0.698. The van der Waals surface area contributed by atoms with Crippen LogP contribution in [0.4, 0.5) is 0 Å². The van der Waals surface area contributed by atoms with Crippen molar-refractivity contribution < 1.29 is 4.74 Å². The molecule has 0 unspecified atom stereocenters. The largest absolute Gasteiger partial charge is 0.497 e. The van der Waals surface area contributed by atoms with Gasteiger partial charge in [-0.05, 0) is 47.5 Å². The van der Waals surface area contributed by atoms with Crippen molar-refractivity contribution in [2.75, 3.05) is 7.11 Å². The van der Waals surface area contributed by atoms with Gasteiger partial charge >= 0.3 is 0 Å². The van der Waals surface area contributed by atoms with Crippen molar-refractivity contribution in [3.63, 3.8) is 0 Å². The van der Waals surface area contributed by atoms with Crippen molar-refractivity contribution in [2.45, 2.75) is 0 Å². The van der Waals surface area contributed by atoms with Crippen molar-refractivity contribution in [3.8, 4) is 39.7 Å². The molecule has 0 saturated carbocycles. The molecule has 4 rings (SSSR count). The van der Waals surface area contributed by atoms with Crippen LogP contribution < -0.4 is 4.74 Å². The second-order valence-corrected chi connectivity index (χ2v) is 5.92. The Morgan fingerprint density at radius 1 is 0.731 bits per heavy atom. The van der Waals surface area contributed by atoms with Crippen molar-refractivity contribution in [1.29, 1.82) is 0 Å². The van der Waals surface area contributed by atoms with Crippen LogP contribution in [0.25, 0.3) is 33.9 Å². The Labute approximate surface area is 151 Å². The number of aryl methyl sites for hydroxylation is 1. The van der Waals surface area contributed by atoms with Gasteiger partial charge in [-0.15, -0.1) is 0 Å². The van der Waals surface area contributed by atoms with E-state index in [2.05, 4.69) is 34.3 Å². The molecule has 0 radical (unpaired) electrons. The number of nitrogens with zero attached hydrogens (tertiary/aromatic N) is 4. The van der Waals surface area contributed by atoms with Crippen molar-refractivity contribution in [2.24, 2.45) is 7.05 Å². The molecule has 4 aromatic rings. The summed E-state index contributed by atoms with van der Waals surface area (Å²) in [5.41, 5.74) is 4.27. The third-order valence-electron chi connectivity index (χ3n) is 4.27. The standard InChI is InChI=1S/C21H18N4O/c1-25-21(23-20(24-25)17-7-9-19(26-2)10-8-17)18-5-3-15(4-6-18)16-11-13-22-14-12-16/h3-14H,1-2H3. The van der Waals surface area contributed by atoms with Crippen LogP contribution in [-0.4, -0.2) is 26.9 Å². The highest BCUT2D eigenvalue weighted by molar-refractivity contribution is 5.68. The summed E-state index contributed by atoms with van der Waals surface area (Å²) in [5, 5.41) is 4.55. The SMILES string of the molecule is COc1ccc(-c2nc(-c3ccc(-c4ccncc4)cc3)n(C)n2)cc1. The van der Waals surface area contributed by atoms with Gasteiger partial charge in [0.2, 0.25) is 0 Å². The molecule has 0 fully saturated rings. The molecule has 128 valence electrons. The highest BCUT2D eigenvalue weighted by atomic mass is 16.5. The first-order valence-corrected chi connectivity index (χ1v) is 8.31. The molecule has 5 nitrogen and oxygen atoms in total. The molecule has 5 heteroatoms. The minimum Gasteiger partial charge on any atom is -0.497 e. The maximum absolute atomic E-state index is 5.20. The van der Waals surface area contributed by atoms with Crippen LogP contribution in [0.5, 0.6) is 5.75 Å². The van der Waals surface area contributed by atoms with Crippen LogP contribution in [0.15, 0.2) is 73.1 Å². The molecule has 2 aromatic carbocycles. The molecule has 26 heavy (non-hydrogen) atoms. The van der Waals surface area contributed by atoms with E-state index in [0.29, 0.717) is 5.82 Å². The molecule has 0 aliphatic rings. The summed E-state index contributed by atoms with van der Waals surface area (Å²) in [6, 6.07) is 20.1. The topological polar surface area (TPSA) is 52.8 Å². The van der Waals surface area contributed by atoms with Crippen LogP contribution in [0, 0.1) is 0 Å². The molecular weight excluding hydrogens is 324 g/mol. The highest BCUT2D eigenvalue weighted by Crippen LogP contribution is 2.26. The van der Waals surface area contributed by atoms with Gasteiger partial charge in [-0.1, -0.05) is 24.3 Å². The van der Waals surface area contributed by atoms with Gasteiger partial charge in [0.25, 0.3) is 0 Å². The van der Waals surface area contributed by atoms with E-state index in [9.17, 15) is 0 Å². The molecule has 0 atom stereocenters. The second-order valence-electron chi connectivity index (χ2n) is 5.92. The number of pyridine rings is 1. The zero-order valence-corrected chi connectivity index (χ0v) is 14.6. The number of hydrogen-bond donors (Lipinski definition) is 0. The van der Waals surface area contributed by atoms with Crippen molar-refractivity contribution in [1.82, 2.24) is 19.7 Å². The van der Waals surface area contributed by atoms with E-state index in [4.69, 9.17) is 9.72 Å². The Morgan fingerprint density at radius 3 is 1.96 bits per heavy atom. The summed E-state index contributed by atoms with van der Waals surface area (Å²) in [6.07, 6.45) is 3.60. The van der Waals surface area contributed by atoms with E-state index in [0.717, 1.165) is 33.8 Å². The van der Waals surface area contributed by atoms with Gasteiger partial charge in [0.1, 0.15) is 5.75 Å². The summed E-state index contributed by atoms with van der Waals surface area (Å²) >= 11 is 0. The van der Waals surface area contributed by atoms with Gasteiger partial charge in [0.05, 0.1) is 7.11 Å².